The Hall–Kier alpha value is -6.80. The van der Waals surface area contributed by atoms with Crippen molar-refractivity contribution in [1.82, 2.24) is 85.8 Å². The van der Waals surface area contributed by atoms with E-state index in [1.807, 2.05) is 32.9 Å². The Labute approximate surface area is 727 Å². The van der Waals surface area contributed by atoms with Crippen LogP contribution in [0.1, 0.15) is 165 Å². The second-order valence-electron chi connectivity index (χ2n) is 33.2. The number of nitrogens with one attached hydrogen (secondary N) is 5. The van der Waals surface area contributed by atoms with Crippen LogP contribution in [0.5, 0.6) is 0 Å². The first-order chi connectivity index (χ1) is 57.7. The number of carbonyl (C=O) groups excluding carboxylic acids is 5. The molecule has 0 radical (unpaired) electrons. The first kappa shape index (κ1) is 99.6. The molecule has 12 heterocycles. The summed E-state index contributed by atoms with van der Waals surface area (Å²) >= 11 is 18.1. The quantitative estimate of drug-likeness (QED) is 0.0204. The van der Waals surface area contributed by atoms with Gasteiger partial charge in [-0.25, -0.2) is 15.0 Å². The van der Waals surface area contributed by atoms with Gasteiger partial charge in [-0.1, -0.05) is 46.9 Å². The molecule has 7 aliphatic heterocycles. The number of halogens is 6. The van der Waals surface area contributed by atoms with Crippen LogP contribution in [-0.4, -0.2) is 335 Å². The second-order valence-corrected chi connectivity index (χ2v) is 34.4. The monoisotopic (exact) mass is 1750 g/mol. The van der Waals surface area contributed by atoms with Crippen LogP contribution < -0.4 is 32.3 Å². The molecule has 35 heteroatoms. The molecule has 7 aliphatic rings. The van der Waals surface area contributed by atoms with Gasteiger partial charge in [0, 0.05) is 196 Å². The number of aromatic nitrogens is 5. The van der Waals surface area contributed by atoms with E-state index in [1.165, 1.54) is 0 Å². The minimum atomic E-state index is -4.65. The van der Waals surface area contributed by atoms with Crippen LogP contribution >= 0.6 is 34.8 Å². The molecular weight excluding hydrogens is 1620 g/mol. The molecule has 7 saturated heterocycles. The standard InChI is InChI=1S/2C21H33ClN4O3.C15H20F3N3O2.C15H23N3O2.C14H21ClN4O/c1-16(2)26-7-5-19(24-21(27)20-18(22)4-3-6-23-20)17(14-26)15-29-13-10-25-8-11-28-12-9-25;1-16(2)26-7-6-18(24-21(27)19-4-3-5-20(22)23-19)17(14-26)15-29-13-10-25-8-11-28-12-9-25;1-9(2)21-7-5-11(12(22)8-21)20-14(23)13-10(15(16,17)18)4-3-6-19-13;1-10(2)18-8-6-12(13(19)9-18)17-15(20)14-11(3)5-4-7-16-14;1-9(2)19-7-5-12(11(16)8-19)18-14(20)13-10(15)4-3-6-17-13/h3-4,6,16-17,19H,5,7-15H2,1-2H3,(H,24,27);3-5,16-18H,6-15H2,1-2H3,(H,24,27);3-4,6,9,11-12,22H,5,7-8H2,1-2H3,(H,20,23);4-5,7,10,12-13,19H,6,8-9H2,1-3H3,(H,17,20);3-4,6,9,11-12H,5,7-8,16H2,1-2H3,(H,18,20). The number of rotatable bonds is 25. The number of aliphatic hydroxyl groups excluding tert-OH is 2. The first-order valence-corrected chi connectivity index (χ1v) is 43.8. The van der Waals surface area contributed by atoms with Gasteiger partial charge in [-0.3, -0.25) is 58.4 Å². The van der Waals surface area contributed by atoms with Crippen LogP contribution in [0.4, 0.5) is 13.2 Å². The Balaban J connectivity index is 0.000000190. The van der Waals surface area contributed by atoms with Crippen molar-refractivity contribution >= 4 is 64.3 Å². The number of hydrogen-bond acceptors (Lipinski definition) is 24. The highest BCUT2D eigenvalue weighted by atomic mass is 35.5. The fraction of sp³-hybridized carbons (Fsp3) is 0.651. The van der Waals surface area contributed by atoms with Gasteiger partial charge in [0.15, 0.2) is 0 Å². The third-order valence-corrected chi connectivity index (χ3v) is 23.9. The number of ether oxygens (including phenoxy) is 4. The predicted molar refractivity (Wildman–Crippen MR) is 462 cm³/mol. The van der Waals surface area contributed by atoms with E-state index in [-0.39, 0.29) is 83.1 Å². The number of piperidine rings is 5. The maximum absolute atomic E-state index is 12.9. The maximum Gasteiger partial charge on any atom is 0.418 e. The van der Waals surface area contributed by atoms with Crippen molar-refractivity contribution in [2.75, 3.05) is 158 Å². The highest BCUT2D eigenvalue weighted by molar-refractivity contribution is 6.34. The number of aliphatic hydroxyl groups is 2. The van der Waals surface area contributed by atoms with Crippen LogP contribution in [0.3, 0.4) is 0 Å². The molecule has 12 rings (SSSR count). The second kappa shape index (κ2) is 50.4. The number of pyridine rings is 5. The number of morpholine rings is 2. The topological polar surface area (TPSA) is 336 Å². The summed E-state index contributed by atoms with van der Waals surface area (Å²) in [7, 11) is 0. The van der Waals surface area contributed by atoms with Gasteiger partial charge in [-0.15, -0.1) is 0 Å². The van der Waals surface area contributed by atoms with Crippen molar-refractivity contribution in [3.05, 3.63) is 146 Å². The maximum atomic E-state index is 12.9. The third kappa shape index (κ3) is 32.3. The number of hydrogen-bond donors (Lipinski definition) is 8. The van der Waals surface area contributed by atoms with E-state index in [1.54, 1.807) is 61.1 Å². The lowest BCUT2D eigenvalue weighted by molar-refractivity contribution is -0.138. The van der Waals surface area contributed by atoms with E-state index >= 15 is 0 Å². The van der Waals surface area contributed by atoms with Gasteiger partial charge >= 0.3 is 6.18 Å². The summed E-state index contributed by atoms with van der Waals surface area (Å²) in [5, 5.41) is 36.0. The summed E-state index contributed by atoms with van der Waals surface area (Å²) in [5.74, 6) is -1.27. The SMILES string of the molecule is CC(C)N1CCC(NC(=O)c2cccc(Cl)n2)C(COCCN2CCOCC2)C1.CC(C)N1CCC(NC(=O)c2ncccc2C(F)(F)F)C(O)C1.CC(C)N1CCC(NC(=O)c2ncccc2Cl)C(COCCN2CCOCC2)C1.CC(C)N1CCC(NC(=O)c2ncccc2Cl)C(N)C1.Cc1cccnc1C(=O)NC1CCN(C(C)C)CC1O. The van der Waals surface area contributed by atoms with Gasteiger partial charge in [-0.2, -0.15) is 13.2 Å². The molecule has 5 aromatic heterocycles. The molecule has 0 spiro atoms. The molecule has 10 unspecified atom stereocenters. The molecule has 0 aliphatic carbocycles. The fourth-order valence-corrected chi connectivity index (χ4v) is 16.1. The molecule has 0 aromatic carbocycles. The van der Waals surface area contributed by atoms with Crippen LogP contribution in [-0.2, 0) is 25.1 Å². The van der Waals surface area contributed by atoms with Crippen LogP contribution in [0, 0.1) is 18.8 Å². The van der Waals surface area contributed by atoms with E-state index in [9.17, 15) is 47.4 Å². The summed E-state index contributed by atoms with van der Waals surface area (Å²) in [6, 6.07) is 18.9. The van der Waals surface area contributed by atoms with Crippen LogP contribution in [0.15, 0.2) is 91.5 Å². The molecule has 121 heavy (non-hydrogen) atoms. The highest BCUT2D eigenvalue weighted by Crippen LogP contribution is 2.32. The average molecular weight is 1760 g/mol. The van der Waals surface area contributed by atoms with Crippen molar-refractivity contribution in [3.8, 4) is 0 Å². The largest absolute Gasteiger partial charge is 0.418 e. The molecule has 0 bridgehead atoms. The molecule has 0 saturated carbocycles. The van der Waals surface area contributed by atoms with E-state index in [4.69, 9.17) is 59.5 Å². The Morgan fingerprint density at radius 1 is 0.463 bits per heavy atom. The normalized spacial score (nSPS) is 23.8. The zero-order valence-electron chi connectivity index (χ0n) is 72.1. The number of aryl methyl sites for hydroxylation is 1. The molecular formula is C86H130Cl3F3N18O11. The third-order valence-electron chi connectivity index (χ3n) is 23.1. The lowest BCUT2D eigenvalue weighted by atomic mass is 9.91. The highest BCUT2D eigenvalue weighted by Gasteiger charge is 2.40. The molecule has 10 atom stereocenters. The summed E-state index contributed by atoms with van der Waals surface area (Å²) in [6.45, 7) is 42.9. The van der Waals surface area contributed by atoms with Gasteiger partial charge in [0.05, 0.1) is 92.8 Å². The number of carbonyl (C=O) groups is 5. The summed E-state index contributed by atoms with van der Waals surface area (Å²) in [6.07, 6.45) is 3.77. The predicted octanol–water partition coefficient (Wildman–Crippen LogP) is 7.74. The molecule has 9 N–H and O–H groups in total. The van der Waals surface area contributed by atoms with Gasteiger partial charge in [0.2, 0.25) is 0 Å². The first-order valence-electron chi connectivity index (χ1n) is 42.6. The molecule has 29 nitrogen and oxygen atoms in total. The smallest absolute Gasteiger partial charge is 0.390 e. The Bertz CT molecular complexity index is 3900. The lowest BCUT2D eigenvalue weighted by Gasteiger charge is -2.40. The minimum absolute atomic E-state index is 0.0319. The van der Waals surface area contributed by atoms with Crippen molar-refractivity contribution < 1.29 is 66.3 Å². The van der Waals surface area contributed by atoms with Crippen LogP contribution in [0.25, 0.3) is 0 Å². The van der Waals surface area contributed by atoms with Crippen LogP contribution in [0.2, 0.25) is 15.2 Å². The Morgan fingerprint density at radius 2 is 0.818 bits per heavy atom. The summed E-state index contributed by atoms with van der Waals surface area (Å²) < 4.78 is 61.6. The fourth-order valence-electron chi connectivity index (χ4n) is 15.5. The zero-order valence-corrected chi connectivity index (χ0v) is 74.4. The summed E-state index contributed by atoms with van der Waals surface area (Å²) in [5.41, 5.74) is 6.60. The van der Waals surface area contributed by atoms with Crippen molar-refractivity contribution in [2.24, 2.45) is 17.6 Å². The molecule has 7 fully saturated rings. The van der Waals surface area contributed by atoms with Gasteiger partial charge in [0.25, 0.3) is 29.5 Å². The Kier molecular flexibility index (Phi) is 41.5. The zero-order chi connectivity index (χ0) is 87.9. The van der Waals surface area contributed by atoms with Gasteiger partial charge in [-0.05, 0) is 168 Å². The number of β-amino-alcohol motifs (C(OH)–C–C–N with tert-alkyl or cyclic N) is 2. The van der Waals surface area contributed by atoms with E-state index in [0.29, 0.717) is 103 Å². The van der Waals surface area contributed by atoms with Crippen molar-refractivity contribution in [1.29, 1.82) is 0 Å². The van der Waals surface area contributed by atoms with Gasteiger partial charge in [0.1, 0.15) is 33.6 Å². The van der Waals surface area contributed by atoms with E-state index in [2.05, 4.69) is 141 Å². The van der Waals surface area contributed by atoms with E-state index < -0.39 is 41.6 Å². The minimum Gasteiger partial charge on any atom is -0.390 e. The number of alkyl halides is 3. The van der Waals surface area contributed by atoms with Crippen molar-refractivity contribution in [2.45, 2.75) is 193 Å². The van der Waals surface area contributed by atoms with Crippen molar-refractivity contribution in [3.63, 3.8) is 0 Å². The number of likely N-dealkylation sites (tertiary alicyclic amines) is 5. The number of nitrogens with zero attached hydrogens (tertiary/aromatic N) is 12. The van der Waals surface area contributed by atoms with Gasteiger partial charge < -0.3 is 71.3 Å². The molecule has 5 amide bonds. The lowest BCUT2D eigenvalue weighted by Crippen LogP contribution is -2.59. The number of amides is 5. The molecule has 5 aromatic rings. The Morgan fingerprint density at radius 3 is 1.22 bits per heavy atom. The summed E-state index contributed by atoms with van der Waals surface area (Å²) in [4.78, 5) is 98.0. The molecule has 672 valence electrons. The number of nitrogens with two attached hydrogens (primary N) is 1. The van der Waals surface area contributed by atoms with E-state index in [0.717, 1.165) is 161 Å². The average Bonchev–Trinajstić information content (AvgIpc) is 0.811.